The number of carbonyl (C=O) groups is 1. The smallest absolute Gasteiger partial charge is 0.251 e. The SMILES string of the molecule is O=C(N[C@H](c1ccsc1)C1CCCC1)c1ccc2[nH]nc(I)c2c1. The van der Waals surface area contributed by atoms with Crippen LogP contribution in [0.2, 0.25) is 0 Å². The molecular weight excluding hydrogens is 433 g/mol. The summed E-state index contributed by atoms with van der Waals surface area (Å²) in [5.41, 5.74) is 2.89. The number of amides is 1. The highest BCUT2D eigenvalue weighted by Crippen LogP contribution is 2.36. The molecule has 1 aliphatic rings. The van der Waals surface area contributed by atoms with Crippen LogP contribution in [0, 0.1) is 9.62 Å². The number of hydrogen-bond donors (Lipinski definition) is 2. The van der Waals surface area contributed by atoms with Crippen molar-refractivity contribution in [2.75, 3.05) is 0 Å². The Balaban J connectivity index is 1.60. The number of fused-ring (bicyclic) bond motifs is 1. The Kier molecular flexibility index (Phi) is 4.58. The lowest BCUT2D eigenvalue weighted by atomic mass is 9.93. The molecular formula is C18H18IN3OS. The molecule has 1 aliphatic carbocycles. The largest absolute Gasteiger partial charge is 0.345 e. The maximum Gasteiger partial charge on any atom is 0.251 e. The molecule has 2 heterocycles. The Hall–Kier alpha value is -1.41. The molecule has 0 radical (unpaired) electrons. The van der Waals surface area contributed by atoms with E-state index in [1.807, 2.05) is 18.2 Å². The summed E-state index contributed by atoms with van der Waals surface area (Å²) in [5, 5.41) is 15.7. The summed E-state index contributed by atoms with van der Waals surface area (Å²) >= 11 is 3.88. The van der Waals surface area contributed by atoms with Gasteiger partial charge in [0.2, 0.25) is 0 Å². The topological polar surface area (TPSA) is 57.8 Å². The third-order valence-electron chi connectivity index (χ3n) is 4.84. The van der Waals surface area contributed by atoms with E-state index in [0.29, 0.717) is 11.5 Å². The molecule has 0 aliphatic heterocycles. The average molecular weight is 451 g/mol. The van der Waals surface area contributed by atoms with Crippen molar-refractivity contribution >= 4 is 50.7 Å². The van der Waals surface area contributed by atoms with Gasteiger partial charge in [-0.2, -0.15) is 16.4 Å². The second-order valence-electron chi connectivity index (χ2n) is 6.33. The Morgan fingerprint density at radius 3 is 2.92 bits per heavy atom. The second kappa shape index (κ2) is 6.84. The number of halogens is 1. The summed E-state index contributed by atoms with van der Waals surface area (Å²) in [6.07, 6.45) is 4.92. The van der Waals surface area contributed by atoms with Crippen LogP contribution in [-0.2, 0) is 0 Å². The van der Waals surface area contributed by atoms with Gasteiger partial charge in [-0.05, 0) is 81.9 Å². The minimum Gasteiger partial charge on any atom is -0.345 e. The normalized spacial score (nSPS) is 16.5. The lowest BCUT2D eigenvalue weighted by Gasteiger charge is -2.24. The average Bonchev–Trinajstić information content (AvgIpc) is 3.35. The van der Waals surface area contributed by atoms with E-state index in [0.717, 1.165) is 14.6 Å². The number of thiophene rings is 1. The maximum absolute atomic E-state index is 12.8. The number of carbonyl (C=O) groups excluding carboxylic acids is 1. The van der Waals surface area contributed by atoms with Crippen molar-refractivity contribution in [3.63, 3.8) is 0 Å². The van der Waals surface area contributed by atoms with Crippen LogP contribution in [0.5, 0.6) is 0 Å². The quantitative estimate of drug-likeness (QED) is 0.555. The van der Waals surface area contributed by atoms with E-state index in [2.05, 4.69) is 54.9 Å². The maximum atomic E-state index is 12.8. The minimum absolute atomic E-state index is 0.00278. The first kappa shape index (κ1) is 16.1. The van der Waals surface area contributed by atoms with E-state index >= 15 is 0 Å². The first-order valence-corrected chi connectivity index (χ1v) is 10.2. The van der Waals surface area contributed by atoms with Gasteiger partial charge in [0, 0.05) is 10.9 Å². The predicted molar refractivity (Wildman–Crippen MR) is 105 cm³/mol. The molecule has 4 nitrogen and oxygen atoms in total. The molecule has 0 spiro atoms. The van der Waals surface area contributed by atoms with Gasteiger partial charge in [-0.3, -0.25) is 9.89 Å². The van der Waals surface area contributed by atoms with Crippen LogP contribution in [0.4, 0.5) is 0 Å². The highest BCUT2D eigenvalue weighted by atomic mass is 127. The molecule has 1 atom stereocenters. The summed E-state index contributed by atoms with van der Waals surface area (Å²) in [4.78, 5) is 12.8. The van der Waals surface area contributed by atoms with Gasteiger partial charge >= 0.3 is 0 Å². The second-order valence-corrected chi connectivity index (χ2v) is 8.13. The molecule has 1 fully saturated rings. The zero-order valence-electron chi connectivity index (χ0n) is 13.1. The van der Waals surface area contributed by atoms with Crippen LogP contribution in [0.3, 0.4) is 0 Å². The lowest BCUT2D eigenvalue weighted by molar-refractivity contribution is 0.0922. The fourth-order valence-electron chi connectivity index (χ4n) is 3.56. The van der Waals surface area contributed by atoms with E-state index in [4.69, 9.17) is 0 Å². The standard InChI is InChI=1S/C18H18IN3OS/c19-17-14-9-12(5-6-15(14)21-22-17)18(23)20-16(11-3-1-2-4-11)13-7-8-24-10-13/h5-11,16H,1-4H2,(H,20,23)(H,21,22)/t16-/m0/s1. The predicted octanol–water partition coefficient (Wildman–Crippen LogP) is 4.89. The molecule has 2 aromatic heterocycles. The molecule has 24 heavy (non-hydrogen) atoms. The summed E-state index contributed by atoms with van der Waals surface area (Å²) in [7, 11) is 0. The number of nitrogens with zero attached hydrogens (tertiary/aromatic N) is 1. The number of hydrogen-bond acceptors (Lipinski definition) is 3. The van der Waals surface area contributed by atoms with Crippen LogP contribution < -0.4 is 5.32 Å². The fourth-order valence-corrected chi connectivity index (χ4v) is 4.83. The summed E-state index contributed by atoms with van der Waals surface area (Å²) in [6.45, 7) is 0. The minimum atomic E-state index is -0.00278. The third-order valence-corrected chi connectivity index (χ3v) is 6.36. The number of benzene rings is 1. The Labute approximate surface area is 158 Å². The highest BCUT2D eigenvalue weighted by molar-refractivity contribution is 14.1. The molecule has 4 rings (SSSR count). The Morgan fingerprint density at radius 1 is 1.33 bits per heavy atom. The third kappa shape index (κ3) is 3.09. The van der Waals surface area contributed by atoms with Gasteiger partial charge in [0.15, 0.2) is 0 Å². The number of H-pyrrole nitrogens is 1. The monoisotopic (exact) mass is 451 g/mol. The van der Waals surface area contributed by atoms with Crippen molar-refractivity contribution in [2.45, 2.75) is 31.7 Å². The Bertz CT molecular complexity index is 852. The van der Waals surface area contributed by atoms with Crippen molar-refractivity contribution < 1.29 is 4.79 Å². The molecule has 1 saturated carbocycles. The summed E-state index contributed by atoms with van der Waals surface area (Å²) < 4.78 is 0.891. The molecule has 3 aromatic rings. The van der Waals surface area contributed by atoms with E-state index < -0.39 is 0 Å². The zero-order chi connectivity index (χ0) is 16.5. The van der Waals surface area contributed by atoms with Gasteiger partial charge < -0.3 is 5.32 Å². The van der Waals surface area contributed by atoms with Crippen molar-refractivity contribution in [3.05, 3.63) is 49.9 Å². The summed E-state index contributed by atoms with van der Waals surface area (Å²) in [5.74, 6) is 0.540. The van der Waals surface area contributed by atoms with Crippen LogP contribution in [0.1, 0.15) is 47.6 Å². The first-order valence-electron chi connectivity index (χ1n) is 8.19. The highest BCUT2D eigenvalue weighted by Gasteiger charge is 2.28. The molecule has 0 unspecified atom stereocenters. The molecule has 1 amide bonds. The number of aromatic nitrogens is 2. The fraction of sp³-hybridized carbons (Fsp3) is 0.333. The van der Waals surface area contributed by atoms with Crippen molar-refractivity contribution in [1.82, 2.24) is 15.5 Å². The van der Waals surface area contributed by atoms with Gasteiger partial charge in [-0.25, -0.2) is 0 Å². The molecule has 124 valence electrons. The Morgan fingerprint density at radius 2 is 2.17 bits per heavy atom. The molecule has 6 heteroatoms. The van der Waals surface area contributed by atoms with Crippen LogP contribution in [0.25, 0.3) is 10.9 Å². The van der Waals surface area contributed by atoms with E-state index in [9.17, 15) is 4.79 Å². The number of aromatic amines is 1. The van der Waals surface area contributed by atoms with Crippen molar-refractivity contribution in [1.29, 1.82) is 0 Å². The molecule has 0 saturated heterocycles. The molecule has 1 aromatic carbocycles. The van der Waals surface area contributed by atoms with E-state index in [1.54, 1.807) is 11.3 Å². The van der Waals surface area contributed by atoms with Crippen LogP contribution in [0.15, 0.2) is 35.0 Å². The van der Waals surface area contributed by atoms with Gasteiger partial charge in [0.25, 0.3) is 5.91 Å². The van der Waals surface area contributed by atoms with Crippen LogP contribution in [-0.4, -0.2) is 16.1 Å². The lowest BCUT2D eigenvalue weighted by Crippen LogP contribution is -2.32. The number of rotatable bonds is 4. The van der Waals surface area contributed by atoms with Crippen molar-refractivity contribution in [3.8, 4) is 0 Å². The van der Waals surface area contributed by atoms with E-state index in [1.165, 1.54) is 31.2 Å². The first-order chi connectivity index (χ1) is 11.7. The number of nitrogens with one attached hydrogen (secondary N) is 2. The van der Waals surface area contributed by atoms with Gasteiger partial charge in [0.1, 0.15) is 3.70 Å². The summed E-state index contributed by atoms with van der Waals surface area (Å²) in [6, 6.07) is 7.97. The van der Waals surface area contributed by atoms with Gasteiger partial charge in [-0.15, -0.1) is 0 Å². The van der Waals surface area contributed by atoms with Gasteiger partial charge in [-0.1, -0.05) is 12.8 Å². The molecule has 0 bridgehead atoms. The molecule has 2 N–H and O–H groups in total. The van der Waals surface area contributed by atoms with Crippen molar-refractivity contribution in [2.24, 2.45) is 5.92 Å². The van der Waals surface area contributed by atoms with Crippen LogP contribution >= 0.6 is 33.9 Å². The zero-order valence-corrected chi connectivity index (χ0v) is 16.1. The van der Waals surface area contributed by atoms with E-state index in [-0.39, 0.29) is 11.9 Å². The van der Waals surface area contributed by atoms with Gasteiger partial charge in [0.05, 0.1) is 11.6 Å².